The Balaban J connectivity index is 2.52. The van der Waals surface area contributed by atoms with Gasteiger partial charge < -0.3 is 5.11 Å². The molecule has 0 aromatic rings. The minimum Gasteiger partial charge on any atom is -0.480 e. The minimum atomic E-state index is -0.744. The van der Waals surface area contributed by atoms with E-state index in [1.165, 1.54) is 0 Å². The molecule has 1 saturated heterocycles. The van der Waals surface area contributed by atoms with Gasteiger partial charge >= 0.3 is 5.97 Å². The predicted octanol–water partition coefficient (Wildman–Crippen LogP) is 1.23. The number of nitriles is 1. The number of carbonyl (C=O) groups is 1. The molecule has 0 amide bonds. The number of aliphatic carboxylic acids is 1. The summed E-state index contributed by atoms with van der Waals surface area (Å²) in [4.78, 5) is 13.0. The standard InChI is InChI=1S/C10H16N2O2/c1-10(9(13)14)5-4-8-12(10)7-3-2-6-11/h2-5,7-8H2,1H3,(H,13,14). The molecule has 1 aliphatic rings. The lowest BCUT2D eigenvalue weighted by molar-refractivity contribution is -0.148. The highest BCUT2D eigenvalue weighted by atomic mass is 16.4. The zero-order chi connectivity index (χ0) is 10.6. The molecule has 1 unspecified atom stereocenters. The van der Waals surface area contributed by atoms with E-state index < -0.39 is 11.5 Å². The molecule has 0 radical (unpaired) electrons. The molecule has 0 saturated carbocycles. The Morgan fingerprint density at radius 2 is 2.43 bits per heavy atom. The molecule has 0 spiro atoms. The number of hydrogen-bond donors (Lipinski definition) is 1. The molecule has 4 nitrogen and oxygen atoms in total. The van der Waals surface area contributed by atoms with E-state index in [-0.39, 0.29) is 0 Å². The number of nitrogens with zero attached hydrogens (tertiary/aromatic N) is 2. The monoisotopic (exact) mass is 196 g/mol. The predicted molar refractivity (Wildman–Crippen MR) is 51.7 cm³/mol. The van der Waals surface area contributed by atoms with E-state index in [1.807, 2.05) is 4.90 Å². The van der Waals surface area contributed by atoms with E-state index in [1.54, 1.807) is 6.92 Å². The van der Waals surface area contributed by atoms with Crippen LogP contribution >= 0.6 is 0 Å². The van der Waals surface area contributed by atoms with Crippen LogP contribution in [-0.4, -0.2) is 34.6 Å². The first-order valence-corrected chi connectivity index (χ1v) is 4.96. The molecule has 1 N–H and O–H groups in total. The molecule has 4 heteroatoms. The first kappa shape index (κ1) is 11.0. The van der Waals surface area contributed by atoms with E-state index in [4.69, 9.17) is 10.4 Å². The average Bonchev–Trinajstić information content (AvgIpc) is 2.50. The third-order valence-electron chi connectivity index (χ3n) is 2.97. The smallest absolute Gasteiger partial charge is 0.323 e. The number of rotatable bonds is 4. The Hall–Kier alpha value is -1.08. The average molecular weight is 196 g/mol. The number of carboxylic acid groups (broad SMARTS) is 1. The van der Waals surface area contributed by atoms with Crippen LogP contribution in [0.5, 0.6) is 0 Å². The van der Waals surface area contributed by atoms with Gasteiger partial charge in [0.05, 0.1) is 6.07 Å². The fourth-order valence-electron chi connectivity index (χ4n) is 1.97. The van der Waals surface area contributed by atoms with Crippen LogP contribution < -0.4 is 0 Å². The van der Waals surface area contributed by atoms with E-state index in [9.17, 15) is 4.79 Å². The summed E-state index contributed by atoms with van der Waals surface area (Å²) in [6, 6.07) is 2.07. The summed E-state index contributed by atoms with van der Waals surface area (Å²) >= 11 is 0. The maximum absolute atomic E-state index is 11.1. The lowest BCUT2D eigenvalue weighted by Crippen LogP contribution is -2.48. The van der Waals surface area contributed by atoms with Crippen LogP contribution in [0.25, 0.3) is 0 Å². The van der Waals surface area contributed by atoms with Crippen molar-refractivity contribution in [3.63, 3.8) is 0 Å². The van der Waals surface area contributed by atoms with Crippen molar-refractivity contribution in [2.75, 3.05) is 13.1 Å². The second kappa shape index (κ2) is 4.43. The Bertz CT molecular complexity index is 259. The highest BCUT2D eigenvalue weighted by Crippen LogP contribution is 2.29. The van der Waals surface area contributed by atoms with Crippen molar-refractivity contribution >= 4 is 5.97 Å². The second-order valence-corrected chi connectivity index (χ2v) is 3.93. The Kier molecular flexibility index (Phi) is 3.48. The SMILES string of the molecule is CC1(C(=O)O)CCCN1CCCC#N. The molecule has 1 heterocycles. The number of hydrogen-bond acceptors (Lipinski definition) is 3. The third kappa shape index (κ3) is 2.05. The zero-order valence-corrected chi connectivity index (χ0v) is 8.49. The second-order valence-electron chi connectivity index (χ2n) is 3.93. The van der Waals surface area contributed by atoms with E-state index >= 15 is 0 Å². The van der Waals surface area contributed by atoms with Gasteiger partial charge in [-0.05, 0) is 32.7 Å². The van der Waals surface area contributed by atoms with Gasteiger partial charge in [-0.2, -0.15) is 5.26 Å². The van der Waals surface area contributed by atoms with Crippen LogP contribution in [0.2, 0.25) is 0 Å². The minimum absolute atomic E-state index is 0.506. The normalized spacial score (nSPS) is 27.4. The van der Waals surface area contributed by atoms with Crippen molar-refractivity contribution in [2.24, 2.45) is 0 Å². The zero-order valence-electron chi connectivity index (χ0n) is 8.49. The molecule has 78 valence electrons. The lowest BCUT2D eigenvalue weighted by atomic mass is 9.99. The summed E-state index contributed by atoms with van der Waals surface area (Å²) in [5.41, 5.74) is -0.699. The van der Waals surface area contributed by atoms with Gasteiger partial charge in [0, 0.05) is 13.0 Å². The molecule has 1 aliphatic heterocycles. The van der Waals surface area contributed by atoms with Gasteiger partial charge in [-0.15, -0.1) is 0 Å². The summed E-state index contributed by atoms with van der Waals surface area (Å²) in [7, 11) is 0. The highest BCUT2D eigenvalue weighted by Gasteiger charge is 2.42. The molecule has 0 aliphatic carbocycles. The molecular formula is C10H16N2O2. The molecule has 1 rings (SSSR count). The molecule has 0 aromatic heterocycles. The van der Waals surface area contributed by atoms with Crippen molar-refractivity contribution < 1.29 is 9.90 Å². The molecule has 14 heavy (non-hydrogen) atoms. The number of unbranched alkanes of at least 4 members (excludes halogenated alkanes) is 1. The fourth-order valence-corrected chi connectivity index (χ4v) is 1.97. The molecule has 0 bridgehead atoms. The van der Waals surface area contributed by atoms with E-state index in [0.717, 1.165) is 32.4 Å². The first-order valence-electron chi connectivity index (χ1n) is 4.96. The van der Waals surface area contributed by atoms with Crippen LogP contribution in [0.15, 0.2) is 0 Å². The summed E-state index contributed by atoms with van der Waals surface area (Å²) in [5, 5.41) is 17.5. The summed E-state index contributed by atoms with van der Waals surface area (Å²) < 4.78 is 0. The third-order valence-corrected chi connectivity index (χ3v) is 2.97. The Morgan fingerprint density at radius 1 is 1.71 bits per heavy atom. The number of carboxylic acids is 1. The first-order chi connectivity index (χ1) is 6.61. The Labute approximate surface area is 84.1 Å². The largest absolute Gasteiger partial charge is 0.480 e. The number of likely N-dealkylation sites (tertiary alicyclic amines) is 1. The van der Waals surface area contributed by atoms with Crippen molar-refractivity contribution in [1.29, 1.82) is 5.26 Å². The fraction of sp³-hybridized carbons (Fsp3) is 0.800. The molecule has 1 atom stereocenters. The topological polar surface area (TPSA) is 64.3 Å². The van der Waals surface area contributed by atoms with Crippen LogP contribution in [-0.2, 0) is 4.79 Å². The van der Waals surface area contributed by atoms with Crippen molar-refractivity contribution in [1.82, 2.24) is 4.90 Å². The van der Waals surface area contributed by atoms with Gasteiger partial charge in [-0.25, -0.2) is 0 Å². The summed E-state index contributed by atoms with van der Waals surface area (Å²) in [6.45, 7) is 3.33. The summed E-state index contributed by atoms with van der Waals surface area (Å²) in [5.74, 6) is -0.744. The Morgan fingerprint density at radius 3 is 3.00 bits per heavy atom. The van der Waals surface area contributed by atoms with Gasteiger partial charge in [0.25, 0.3) is 0 Å². The van der Waals surface area contributed by atoms with Crippen molar-refractivity contribution in [3.8, 4) is 6.07 Å². The van der Waals surface area contributed by atoms with Crippen molar-refractivity contribution in [3.05, 3.63) is 0 Å². The lowest BCUT2D eigenvalue weighted by Gasteiger charge is -2.30. The van der Waals surface area contributed by atoms with Gasteiger partial charge in [0.2, 0.25) is 0 Å². The van der Waals surface area contributed by atoms with Gasteiger partial charge in [-0.3, -0.25) is 9.69 Å². The maximum Gasteiger partial charge on any atom is 0.323 e. The van der Waals surface area contributed by atoms with Gasteiger partial charge in [0.15, 0.2) is 0 Å². The summed E-state index contributed by atoms with van der Waals surface area (Å²) in [6.07, 6.45) is 2.93. The quantitative estimate of drug-likeness (QED) is 0.687. The van der Waals surface area contributed by atoms with Crippen LogP contribution in [0.1, 0.15) is 32.6 Å². The van der Waals surface area contributed by atoms with Crippen molar-refractivity contribution in [2.45, 2.75) is 38.1 Å². The maximum atomic E-state index is 11.1. The van der Waals surface area contributed by atoms with Gasteiger partial charge in [0.1, 0.15) is 5.54 Å². The highest BCUT2D eigenvalue weighted by molar-refractivity contribution is 5.78. The molecule has 0 aromatic carbocycles. The molecule has 1 fully saturated rings. The molecular weight excluding hydrogens is 180 g/mol. The van der Waals surface area contributed by atoms with E-state index in [2.05, 4.69) is 6.07 Å². The van der Waals surface area contributed by atoms with Crippen LogP contribution in [0.3, 0.4) is 0 Å². The van der Waals surface area contributed by atoms with Gasteiger partial charge in [-0.1, -0.05) is 0 Å². The van der Waals surface area contributed by atoms with E-state index in [0.29, 0.717) is 6.42 Å². The van der Waals surface area contributed by atoms with Crippen LogP contribution in [0.4, 0.5) is 0 Å². The van der Waals surface area contributed by atoms with Crippen LogP contribution in [0, 0.1) is 11.3 Å².